The molecular weight excluding hydrogens is 204 g/mol. The molecule has 0 unspecified atom stereocenters. The molecule has 0 amide bonds. The largest absolute Gasteiger partial charge is 0.426 e. The Morgan fingerprint density at radius 2 is 2.00 bits per heavy atom. The summed E-state index contributed by atoms with van der Waals surface area (Å²) in [7, 11) is 0. The molecule has 0 atom stereocenters. The Morgan fingerprint density at radius 1 is 1.36 bits per heavy atom. The van der Waals surface area contributed by atoms with E-state index in [1.54, 1.807) is 19.1 Å². The van der Waals surface area contributed by atoms with Gasteiger partial charge in [-0.05, 0) is 30.2 Å². The molecule has 0 aromatic heterocycles. The first-order chi connectivity index (χ1) is 6.52. The molecule has 0 spiro atoms. The number of aryl methyl sites for hydroxylation is 1. The predicted molar refractivity (Wildman–Crippen MR) is 52.7 cm³/mol. The van der Waals surface area contributed by atoms with Crippen molar-refractivity contribution in [3.63, 3.8) is 0 Å². The summed E-state index contributed by atoms with van der Waals surface area (Å²) in [6, 6.07) is 4.95. The molecule has 1 aromatic rings. The van der Waals surface area contributed by atoms with Crippen LogP contribution in [-0.2, 0) is 4.79 Å². The Labute approximate surface area is 86.6 Å². The topological polar surface area (TPSA) is 43.4 Å². The molecule has 0 radical (unpaired) electrons. The normalized spacial score (nSPS) is 9.64. The van der Waals surface area contributed by atoms with E-state index in [4.69, 9.17) is 16.3 Å². The average Bonchev–Trinajstić information content (AvgIpc) is 2.01. The highest BCUT2D eigenvalue weighted by Crippen LogP contribution is 2.23. The molecule has 0 aliphatic heterocycles. The quantitative estimate of drug-likeness (QED) is 0.429. The summed E-state index contributed by atoms with van der Waals surface area (Å²) in [5.74, 6) is -0.271. The van der Waals surface area contributed by atoms with Gasteiger partial charge in [-0.1, -0.05) is 12.1 Å². The number of rotatable bonds is 2. The minimum absolute atomic E-state index is 0.206. The van der Waals surface area contributed by atoms with Crippen LogP contribution in [0.4, 0.5) is 0 Å². The Balaban J connectivity index is 3.21. The molecule has 0 heterocycles. The van der Waals surface area contributed by atoms with Crippen LogP contribution in [0.1, 0.15) is 22.8 Å². The number of hydrogen-bond donors (Lipinski definition) is 0. The lowest BCUT2D eigenvalue weighted by molar-refractivity contribution is -0.131. The summed E-state index contributed by atoms with van der Waals surface area (Å²) in [6.45, 7) is 2.99. The van der Waals surface area contributed by atoms with Gasteiger partial charge in [-0.25, -0.2) is 0 Å². The van der Waals surface area contributed by atoms with Crippen molar-refractivity contribution in [1.82, 2.24) is 0 Å². The summed E-state index contributed by atoms with van der Waals surface area (Å²) in [6.07, 6.45) is 0. The summed E-state index contributed by atoms with van der Waals surface area (Å²) in [5.41, 5.74) is 0.924. The highest BCUT2D eigenvalue weighted by molar-refractivity contribution is 6.68. The summed E-state index contributed by atoms with van der Waals surface area (Å²) < 4.78 is 4.84. The molecule has 4 heteroatoms. The van der Waals surface area contributed by atoms with Gasteiger partial charge in [-0.3, -0.25) is 9.59 Å². The van der Waals surface area contributed by atoms with Crippen molar-refractivity contribution in [3.05, 3.63) is 29.3 Å². The molecule has 14 heavy (non-hydrogen) atoms. The van der Waals surface area contributed by atoms with E-state index in [-0.39, 0.29) is 11.3 Å². The van der Waals surface area contributed by atoms with Crippen LogP contribution in [0, 0.1) is 6.92 Å². The van der Waals surface area contributed by atoms with Crippen LogP contribution in [0.5, 0.6) is 5.75 Å². The Hall–Kier alpha value is -1.35. The van der Waals surface area contributed by atoms with Crippen molar-refractivity contribution < 1.29 is 14.3 Å². The Morgan fingerprint density at radius 3 is 2.50 bits per heavy atom. The average molecular weight is 213 g/mol. The zero-order chi connectivity index (χ0) is 10.7. The van der Waals surface area contributed by atoms with Gasteiger partial charge in [0.2, 0.25) is 0 Å². The molecule has 0 bridgehead atoms. The number of esters is 1. The maximum atomic E-state index is 11.0. The van der Waals surface area contributed by atoms with Gasteiger partial charge in [0, 0.05) is 6.92 Å². The second-order valence-corrected chi connectivity index (χ2v) is 3.16. The predicted octanol–water partition coefficient (Wildman–Crippen LogP) is 2.30. The van der Waals surface area contributed by atoms with Gasteiger partial charge in [-0.15, -0.1) is 0 Å². The lowest BCUT2D eigenvalue weighted by Crippen LogP contribution is -2.06. The lowest BCUT2D eigenvalue weighted by atomic mass is 10.1. The van der Waals surface area contributed by atoms with Crippen molar-refractivity contribution in [2.75, 3.05) is 0 Å². The van der Waals surface area contributed by atoms with Crippen LogP contribution in [0.3, 0.4) is 0 Å². The van der Waals surface area contributed by atoms with Crippen molar-refractivity contribution in [3.8, 4) is 5.75 Å². The van der Waals surface area contributed by atoms with E-state index in [2.05, 4.69) is 0 Å². The summed E-state index contributed by atoms with van der Waals surface area (Å²) in [5, 5.41) is -0.626. The second kappa shape index (κ2) is 4.24. The van der Waals surface area contributed by atoms with Crippen molar-refractivity contribution in [2.24, 2.45) is 0 Å². The fraction of sp³-hybridized carbons (Fsp3) is 0.200. The third-order valence-corrected chi connectivity index (χ3v) is 1.87. The molecule has 0 N–H and O–H groups in total. The maximum Gasteiger partial charge on any atom is 0.308 e. The van der Waals surface area contributed by atoms with E-state index in [1.807, 2.05) is 0 Å². The Kier molecular flexibility index (Phi) is 3.25. The van der Waals surface area contributed by atoms with E-state index < -0.39 is 11.2 Å². The molecule has 0 aliphatic rings. The van der Waals surface area contributed by atoms with Crippen LogP contribution in [0.2, 0.25) is 0 Å². The molecule has 74 valence electrons. The number of benzene rings is 1. The fourth-order valence-corrected chi connectivity index (χ4v) is 1.37. The van der Waals surface area contributed by atoms with Gasteiger partial charge in [0.05, 0.1) is 5.56 Å². The number of carbonyl (C=O) groups excluding carboxylic acids is 2. The van der Waals surface area contributed by atoms with Gasteiger partial charge in [0.15, 0.2) is 0 Å². The first kappa shape index (κ1) is 10.7. The first-order valence-electron chi connectivity index (χ1n) is 4.00. The van der Waals surface area contributed by atoms with Crippen LogP contribution in [0.25, 0.3) is 0 Å². The highest BCUT2D eigenvalue weighted by Gasteiger charge is 2.14. The van der Waals surface area contributed by atoms with Crippen molar-refractivity contribution in [1.29, 1.82) is 0 Å². The van der Waals surface area contributed by atoms with Crippen LogP contribution >= 0.6 is 11.6 Å². The van der Waals surface area contributed by atoms with Gasteiger partial charge in [0.1, 0.15) is 5.75 Å². The highest BCUT2D eigenvalue weighted by atomic mass is 35.5. The zero-order valence-corrected chi connectivity index (χ0v) is 8.59. The van der Waals surface area contributed by atoms with E-state index in [0.717, 1.165) is 0 Å². The van der Waals surface area contributed by atoms with E-state index in [0.29, 0.717) is 5.56 Å². The van der Waals surface area contributed by atoms with Crippen LogP contribution < -0.4 is 4.74 Å². The molecule has 0 saturated carbocycles. The summed E-state index contributed by atoms with van der Waals surface area (Å²) >= 11 is 5.37. The molecule has 0 saturated heterocycles. The standard InChI is InChI=1S/C10H9ClO3/c1-6-4-3-5-8(14-7(2)12)9(6)10(11)13/h3-5H,1-2H3. The minimum atomic E-state index is -0.626. The molecule has 1 rings (SSSR count). The van der Waals surface area contributed by atoms with Crippen molar-refractivity contribution in [2.45, 2.75) is 13.8 Å². The smallest absolute Gasteiger partial charge is 0.308 e. The van der Waals surface area contributed by atoms with Crippen LogP contribution in [-0.4, -0.2) is 11.2 Å². The fourth-order valence-electron chi connectivity index (χ4n) is 1.13. The van der Waals surface area contributed by atoms with Gasteiger partial charge >= 0.3 is 5.97 Å². The molecule has 0 aliphatic carbocycles. The monoisotopic (exact) mass is 212 g/mol. The molecule has 0 fully saturated rings. The SMILES string of the molecule is CC(=O)Oc1cccc(C)c1C(=O)Cl. The van der Waals surface area contributed by atoms with Crippen LogP contribution in [0.15, 0.2) is 18.2 Å². The second-order valence-electron chi connectivity index (χ2n) is 2.82. The number of halogens is 1. The van der Waals surface area contributed by atoms with Gasteiger partial charge in [0.25, 0.3) is 5.24 Å². The van der Waals surface area contributed by atoms with Gasteiger partial charge < -0.3 is 4.74 Å². The zero-order valence-electron chi connectivity index (χ0n) is 7.83. The first-order valence-corrected chi connectivity index (χ1v) is 4.38. The molecule has 3 nitrogen and oxygen atoms in total. The number of hydrogen-bond acceptors (Lipinski definition) is 3. The van der Waals surface area contributed by atoms with E-state index in [9.17, 15) is 9.59 Å². The maximum absolute atomic E-state index is 11.0. The van der Waals surface area contributed by atoms with E-state index >= 15 is 0 Å². The lowest BCUT2D eigenvalue weighted by Gasteiger charge is -2.07. The minimum Gasteiger partial charge on any atom is -0.426 e. The number of ether oxygens (including phenoxy) is 1. The van der Waals surface area contributed by atoms with E-state index in [1.165, 1.54) is 13.0 Å². The third kappa shape index (κ3) is 2.33. The van der Waals surface area contributed by atoms with Crippen molar-refractivity contribution >= 4 is 22.8 Å². The Bertz CT molecular complexity index is 385. The molecule has 1 aromatic carbocycles. The van der Waals surface area contributed by atoms with Gasteiger partial charge in [-0.2, -0.15) is 0 Å². The summed E-state index contributed by atoms with van der Waals surface area (Å²) in [4.78, 5) is 21.8. The third-order valence-electron chi connectivity index (χ3n) is 1.68. The number of carbonyl (C=O) groups is 2. The molecular formula is C10H9ClO3.